The minimum absolute atomic E-state index is 0.0412. The summed E-state index contributed by atoms with van der Waals surface area (Å²) in [6, 6.07) is 20.2. The highest BCUT2D eigenvalue weighted by atomic mass is 35.5. The summed E-state index contributed by atoms with van der Waals surface area (Å²) in [4.78, 5) is 48.0. The number of benzene rings is 3. The Hall–Kier alpha value is -4.24. The fourth-order valence-corrected chi connectivity index (χ4v) is 3.57. The van der Waals surface area contributed by atoms with Crippen LogP contribution in [0.3, 0.4) is 0 Å². The van der Waals surface area contributed by atoms with Crippen molar-refractivity contribution in [1.82, 2.24) is 5.32 Å². The van der Waals surface area contributed by atoms with Gasteiger partial charge in [-0.2, -0.15) is 0 Å². The van der Waals surface area contributed by atoms with Crippen LogP contribution in [0, 0.1) is 10.1 Å². The number of amides is 2. The van der Waals surface area contributed by atoms with Crippen molar-refractivity contribution in [2.24, 2.45) is 0 Å². The fraction of sp³-hybridized carbons (Fsp3) is 0.160. The summed E-state index contributed by atoms with van der Waals surface area (Å²) in [6.45, 7) is 1.34. The summed E-state index contributed by atoms with van der Waals surface area (Å²) < 4.78 is 5.55. The van der Waals surface area contributed by atoms with Crippen LogP contribution >= 0.6 is 11.6 Å². The number of non-ortho nitro benzene ring substituents is 1. The summed E-state index contributed by atoms with van der Waals surface area (Å²) in [5, 5.41) is 16.2. The summed E-state index contributed by atoms with van der Waals surface area (Å²) in [5.41, 5.74) is 1.01. The molecule has 2 atom stereocenters. The van der Waals surface area contributed by atoms with Gasteiger partial charge in [0.15, 0.2) is 0 Å². The van der Waals surface area contributed by atoms with Crippen LogP contribution in [0.25, 0.3) is 0 Å². The van der Waals surface area contributed by atoms with Crippen LogP contribution in [0.2, 0.25) is 5.02 Å². The van der Waals surface area contributed by atoms with Crippen molar-refractivity contribution in [3.8, 4) is 0 Å². The number of nitro groups is 1. The molecular formula is C25H22ClN3O6. The lowest BCUT2D eigenvalue weighted by Crippen LogP contribution is -2.31. The SMILES string of the molecule is CC(=O)N[C@H](CC(=O)O[C@@H](C(=O)Nc1ccc([N+](=O)[O-])cc1Cl)c1ccccc1)c1ccccc1. The van der Waals surface area contributed by atoms with Crippen LogP contribution in [0.5, 0.6) is 0 Å². The van der Waals surface area contributed by atoms with Gasteiger partial charge in [-0.3, -0.25) is 24.5 Å². The molecule has 2 N–H and O–H groups in total. The average molecular weight is 496 g/mol. The second-order valence-electron chi connectivity index (χ2n) is 7.56. The molecule has 0 aliphatic rings. The number of esters is 1. The Morgan fingerprint density at radius 3 is 2.11 bits per heavy atom. The van der Waals surface area contributed by atoms with Gasteiger partial charge in [-0.25, -0.2) is 0 Å². The standard InChI is InChI=1S/C25H22ClN3O6/c1-16(30)27-22(17-8-4-2-5-9-17)15-23(31)35-24(18-10-6-3-7-11-18)25(32)28-21-13-12-19(29(33)34)14-20(21)26/h2-14,22,24H,15H2,1H3,(H,27,30)(H,28,32)/t22-,24-/m1/s1. The van der Waals surface area contributed by atoms with Crippen molar-refractivity contribution in [3.05, 3.63) is 105 Å². The van der Waals surface area contributed by atoms with Gasteiger partial charge >= 0.3 is 5.97 Å². The van der Waals surface area contributed by atoms with E-state index in [9.17, 15) is 24.5 Å². The van der Waals surface area contributed by atoms with Gasteiger partial charge in [-0.15, -0.1) is 0 Å². The highest BCUT2D eigenvalue weighted by molar-refractivity contribution is 6.34. The van der Waals surface area contributed by atoms with Gasteiger partial charge < -0.3 is 15.4 Å². The zero-order chi connectivity index (χ0) is 25.4. The van der Waals surface area contributed by atoms with Gasteiger partial charge in [-0.05, 0) is 11.6 Å². The third-order valence-corrected chi connectivity index (χ3v) is 5.27. The van der Waals surface area contributed by atoms with E-state index in [1.54, 1.807) is 54.6 Å². The van der Waals surface area contributed by atoms with E-state index in [2.05, 4.69) is 10.6 Å². The minimum Gasteiger partial charge on any atom is -0.447 e. The summed E-state index contributed by atoms with van der Waals surface area (Å²) in [5.74, 6) is -1.74. The van der Waals surface area contributed by atoms with Gasteiger partial charge in [0.2, 0.25) is 12.0 Å². The number of nitro benzene ring substituents is 1. The van der Waals surface area contributed by atoms with Gasteiger partial charge in [0.05, 0.1) is 28.1 Å². The largest absolute Gasteiger partial charge is 0.447 e. The number of anilines is 1. The molecule has 0 fully saturated rings. The molecule has 0 radical (unpaired) electrons. The van der Waals surface area contributed by atoms with Crippen LogP contribution < -0.4 is 10.6 Å². The van der Waals surface area contributed by atoms with E-state index < -0.39 is 28.9 Å². The molecule has 10 heteroatoms. The number of halogens is 1. The quantitative estimate of drug-likeness (QED) is 0.251. The first-order valence-electron chi connectivity index (χ1n) is 10.6. The summed E-state index contributed by atoms with van der Waals surface area (Å²) >= 11 is 6.09. The second kappa shape index (κ2) is 11.8. The Labute approximate surface area is 206 Å². The number of rotatable bonds is 9. The first-order valence-corrected chi connectivity index (χ1v) is 10.9. The predicted octanol–water partition coefficient (Wildman–Crippen LogP) is 4.74. The zero-order valence-corrected chi connectivity index (χ0v) is 19.4. The Balaban J connectivity index is 1.81. The number of carbonyl (C=O) groups excluding carboxylic acids is 3. The molecule has 3 aromatic rings. The third-order valence-electron chi connectivity index (χ3n) is 4.96. The molecule has 3 aromatic carbocycles. The predicted molar refractivity (Wildman–Crippen MR) is 130 cm³/mol. The van der Waals surface area contributed by atoms with Gasteiger partial charge in [0, 0.05) is 24.6 Å². The molecule has 0 aliphatic carbocycles. The fourth-order valence-electron chi connectivity index (χ4n) is 3.35. The molecule has 9 nitrogen and oxygen atoms in total. The molecule has 3 rings (SSSR count). The Morgan fingerprint density at radius 2 is 1.57 bits per heavy atom. The molecule has 0 saturated heterocycles. The van der Waals surface area contributed by atoms with Crippen LogP contribution in [0.15, 0.2) is 78.9 Å². The average Bonchev–Trinajstić information content (AvgIpc) is 2.84. The molecule has 0 bridgehead atoms. The van der Waals surface area contributed by atoms with Crippen molar-refractivity contribution in [1.29, 1.82) is 0 Å². The molecule has 0 spiro atoms. The van der Waals surface area contributed by atoms with E-state index in [1.165, 1.54) is 19.1 Å². The Kier molecular flexibility index (Phi) is 8.53. The topological polar surface area (TPSA) is 128 Å². The highest BCUT2D eigenvalue weighted by Gasteiger charge is 2.28. The van der Waals surface area contributed by atoms with E-state index in [0.717, 1.165) is 6.07 Å². The van der Waals surface area contributed by atoms with Gasteiger partial charge in [0.1, 0.15) is 0 Å². The molecule has 0 aromatic heterocycles. The van der Waals surface area contributed by atoms with E-state index in [4.69, 9.17) is 16.3 Å². The Morgan fingerprint density at radius 1 is 0.971 bits per heavy atom. The lowest BCUT2D eigenvalue weighted by molar-refractivity contribution is -0.384. The van der Waals surface area contributed by atoms with Crippen LogP contribution in [0.4, 0.5) is 11.4 Å². The van der Waals surface area contributed by atoms with E-state index in [1.807, 2.05) is 6.07 Å². The zero-order valence-electron chi connectivity index (χ0n) is 18.6. The number of nitrogens with zero attached hydrogens (tertiary/aromatic N) is 1. The second-order valence-corrected chi connectivity index (χ2v) is 7.97. The van der Waals surface area contributed by atoms with Crippen molar-refractivity contribution in [2.45, 2.75) is 25.5 Å². The minimum atomic E-state index is -1.33. The Bertz CT molecular complexity index is 1220. The molecule has 0 heterocycles. The number of hydrogen-bond donors (Lipinski definition) is 2. The van der Waals surface area contributed by atoms with Crippen molar-refractivity contribution in [3.63, 3.8) is 0 Å². The molecular weight excluding hydrogens is 474 g/mol. The maximum Gasteiger partial charge on any atom is 0.309 e. The lowest BCUT2D eigenvalue weighted by Gasteiger charge is -2.21. The van der Waals surface area contributed by atoms with E-state index >= 15 is 0 Å². The summed E-state index contributed by atoms with van der Waals surface area (Å²) in [6.07, 6.45) is -1.54. The molecule has 2 amide bonds. The normalized spacial score (nSPS) is 12.2. The molecule has 0 saturated carbocycles. The third kappa shape index (κ3) is 7.12. The van der Waals surface area contributed by atoms with Crippen LogP contribution in [-0.4, -0.2) is 22.7 Å². The monoisotopic (exact) mass is 495 g/mol. The van der Waals surface area contributed by atoms with Crippen molar-refractivity contribution < 1.29 is 24.0 Å². The first kappa shape index (κ1) is 25.4. The van der Waals surface area contributed by atoms with Crippen LogP contribution in [-0.2, 0) is 19.1 Å². The highest BCUT2D eigenvalue weighted by Crippen LogP contribution is 2.29. The number of carbonyl (C=O) groups is 3. The number of ether oxygens (including phenoxy) is 1. The number of hydrogen-bond acceptors (Lipinski definition) is 6. The van der Waals surface area contributed by atoms with Crippen LogP contribution in [0.1, 0.15) is 36.6 Å². The molecule has 180 valence electrons. The maximum atomic E-state index is 13.1. The molecule has 35 heavy (non-hydrogen) atoms. The smallest absolute Gasteiger partial charge is 0.309 e. The van der Waals surface area contributed by atoms with Gasteiger partial charge in [0.25, 0.3) is 11.6 Å². The van der Waals surface area contributed by atoms with E-state index in [0.29, 0.717) is 11.1 Å². The molecule has 0 unspecified atom stereocenters. The number of nitrogens with one attached hydrogen (secondary N) is 2. The maximum absolute atomic E-state index is 13.1. The van der Waals surface area contributed by atoms with Gasteiger partial charge in [-0.1, -0.05) is 72.3 Å². The van der Waals surface area contributed by atoms with Crippen molar-refractivity contribution >= 4 is 40.8 Å². The van der Waals surface area contributed by atoms with Crippen molar-refractivity contribution in [2.75, 3.05) is 5.32 Å². The summed E-state index contributed by atoms with van der Waals surface area (Å²) in [7, 11) is 0. The lowest BCUT2D eigenvalue weighted by atomic mass is 10.0. The molecule has 0 aliphatic heterocycles. The van der Waals surface area contributed by atoms with E-state index in [-0.39, 0.29) is 28.7 Å². The first-order chi connectivity index (χ1) is 16.7.